The lowest BCUT2D eigenvalue weighted by molar-refractivity contribution is -0.140. The number of anilines is 1. The Morgan fingerprint density at radius 2 is 1.47 bits per heavy atom. The van der Waals surface area contributed by atoms with Crippen LogP contribution in [0.1, 0.15) is 87.4 Å². The molecule has 5 heteroatoms. The van der Waals surface area contributed by atoms with Gasteiger partial charge in [-0.2, -0.15) is 0 Å². The Bertz CT molecular complexity index is 1310. The molecule has 3 aromatic rings. The number of H-pyrrole nitrogens is 1. The van der Waals surface area contributed by atoms with Gasteiger partial charge in [0, 0.05) is 40.0 Å². The van der Waals surface area contributed by atoms with Gasteiger partial charge in [-0.25, -0.2) is 0 Å². The third kappa shape index (κ3) is 4.44. The van der Waals surface area contributed by atoms with Crippen LogP contribution in [0, 0.1) is 23.2 Å². The highest BCUT2D eigenvalue weighted by Gasteiger charge is 2.54. The minimum absolute atomic E-state index is 0.0219. The van der Waals surface area contributed by atoms with E-state index in [0.29, 0.717) is 5.56 Å². The van der Waals surface area contributed by atoms with E-state index in [2.05, 4.69) is 27.8 Å². The summed E-state index contributed by atoms with van der Waals surface area (Å²) in [5.41, 5.74) is 4.61. The number of hydrogen-bond donors (Lipinski definition) is 3. The van der Waals surface area contributed by atoms with Crippen LogP contribution in [0.2, 0.25) is 0 Å². The standard InChI is InChI=1S/C33H39N3O2/c37-31(35-26-5-3-1-2-4-6-26)25-9-12-30-28(16-25)29(20-34-30)24-7-10-27(11-8-24)36-32(38)33-17-21-13-22(18-33)15-23(14-21)19-33/h7-12,16,20-23,26,34H,1-6,13-15,17-19H2,(H,35,37)(H,36,38). The normalized spacial score (nSPS) is 28.8. The molecule has 2 amide bonds. The summed E-state index contributed by atoms with van der Waals surface area (Å²) in [7, 11) is 0. The van der Waals surface area contributed by atoms with E-state index in [0.717, 1.165) is 77.6 Å². The van der Waals surface area contributed by atoms with Gasteiger partial charge in [-0.3, -0.25) is 9.59 Å². The van der Waals surface area contributed by atoms with Crippen molar-refractivity contribution < 1.29 is 9.59 Å². The maximum absolute atomic E-state index is 13.5. The smallest absolute Gasteiger partial charge is 0.251 e. The van der Waals surface area contributed by atoms with Gasteiger partial charge < -0.3 is 15.6 Å². The summed E-state index contributed by atoms with van der Waals surface area (Å²) >= 11 is 0. The van der Waals surface area contributed by atoms with E-state index in [-0.39, 0.29) is 23.3 Å². The first-order chi connectivity index (χ1) is 18.5. The highest BCUT2D eigenvalue weighted by atomic mass is 16.2. The van der Waals surface area contributed by atoms with Crippen molar-refractivity contribution in [3.63, 3.8) is 0 Å². The van der Waals surface area contributed by atoms with Crippen molar-refractivity contribution in [1.29, 1.82) is 0 Å². The van der Waals surface area contributed by atoms with E-state index in [1.54, 1.807) is 0 Å². The molecule has 0 aliphatic heterocycles. The molecule has 5 saturated carbocycles. The van der Waals surface area contributed by atoms with Crippen molar-refractivity contribution >= 4 is 28.4 Å². The predicted octanol–water partition coefficient (Wildman–Crippen LogP) is 7.44. The van der Waals surface area contributed by atoms with Crippen LogP contribution in [0.3, 0.4) is 0 Å². The maximum atomic E-state index is 13.5. The van der Waals surface area contributed by atoms with Crippen molar-refractivity contribution in [2.24, 2.45) is 23.2 Å². The third-order valence-corrected chi connectivity index (χ3v) is 10.1. The van der Waals surface area contributed by atoms with Crippen LogP contribution in [0.25, 0.3) is 22.0 Å². The van der Waals surface area contributed by atoms with E-state index in [1.807, 2.05) is 36.5 Å². The number of carbonyl (C=O) groups is 2. The van der Waals surface area contributed by atoms with Gasteiger partial charge in [-0.1, -0.05) is 37.8 Å². The largest absolute Gasteiger partial charge is 0.361 e. The Balaban J connectivity index is 1.07. The van der Waals surface area contributed by atoms with Crippen molar-refractivity contribution in [2.75, 3.05) is 5.32 Å². The molecule has 0 atom stereocenters. The van der Waals surface area contributed by atoms with E-state index in [1.165, 1.54) is 44.9 Å². The molecule has 1 heterocycles. The van der Waals surface area contributed by atoms with Gasteiger partial charge in [-0.15, -0.1) is 0 Å². The second-order valence-corrected chi connectivity index (χ2v) is 12.9. The van der Waals surface area contributed by atoms with Gasteiger partial charge in [0.15, 0.2) is 0 Å². The first kappa shape index (κ1) is 24.0. The molecule has 5 nitrogen and oxygen atoms in total. The minimum Gasteiger partial charge on any atom is -0.361 e. The number of aromatic nitrogens is 1. The molecule has 0 unspecified atom stereocenters. The monoisotopic (exact) mass is 509 g/mol. The molecule has 198 valence electrons. The van der Waals surface area contributed by atoms with Gasteiger partial charge in [0.2, 0.25) is 5.91 Å². The van der Waals surface area contributed by atoms with E-state index < -0.39 is 0 Å². The van der Waals surface area contributed by atoms with Crippen LogP contribution in [-0.4, -0.2) is 22.8 Å². The summed E-state index contributed by atoms with van der Waals surface area (Å²) in [6.45, 7) is 0. The second-order valence-electron chi connectivity index (χ2n) is 12.9. The summed E-state index contributed by atoms with van der Waals surface area (Å²) in [5.74, 6) is 2.54. The Morgan fingerprint density at radius 3 is 2.13 bits per heavy atom. The number of nitrogens with one attached hydrogen (secondary N) is 3. The van der Waals surface area contributed by atoms with E-state index in [9.17, 15) is 9.59 Å². The lowest BCUT2D eigenvalue weighted by atomic mass is 9.49. The van der Waals surface area contributed by atoms with Gasteiger partial charge in [-0.05, 0) is 105 Å². The zero-order valence-electron chi connectivity index (χ0n) is 22.2. The zero-order valence-corrected chi connectivity index (χ0v) is 22.2. The molecule has 1 aromatic heterocycles. The van der Waals surface area contributed by atoms with Crippen molar-refractivity contribution in [2.45, 2.75) is 83.1 Å². The number of benzene rings is 2. The summed E-state index contributed by atoms with van der Waals surface area (Å²) in [6.07, 6.45) is 16.4. The van der Waals surface area contributed by atoms with Crippen molar-refractivity contribution in [3.05, 3.63) is 54.2 Å². The molecule has 2 aromatic carbocycles. The summed E-state index contributed by atoms with van der Waals surface area (Å²) in [5, 5.41) is 7.60. The van der Waals surface area contributed by atoms with Crippen molar-refractivity contribution in [3.8, 4) is 11.1 Å². The van der Waals surface area contributed by atoms with Gasteiger partial charge in [0.1, 0.15) is 0 Å². The van der Waals surface area contributed by atoms with Crippen molar-refractivity contribution in [1.82, 2.24) is 10.3 Å². The van der Waals surface area contributed by atoms with Crippen LogP contribution in [-0.2, 0) is 4.79 Å². The molecule has 3 N–H and O–H groups in total. The molecular weight excluding hydrogens is 470 g/mol. The third-order valence-electron chi connectivity index (χ3n) is 10.1. The number of rotatable bonds is 5. The quantitative estimate of drug-likeness (QED) is 0.313. The lowest BCUT2D eigenvalue weighted by Crippen LogP contribution is -2.51. The van der Waals surface area contributed by atoms with Gasteiger partial charge in [0.05, 0.1) is 5.41 Å². The second kappa shape index (κ2) is 9.59. The summed E-state index contributed by atoms with van der Waals surface area (Å²) < 4.78 is 0. The maximum Gasteiger partial charge on any atom is 0.251 e. The molecule has 0 spiro atoms. The van der Waals surface area contributed by atoms with Crippen LogP contribution >= 0.6 is 0 Å². The topological polar surface area (TPSA) is 74.0 Å². The average molecular weight is 510 g/mol. The summed E-state index contributed by atoms with van der Waals surface area (Å²) in [6, 6.07) is 14.4. The first-order valence-electron chi connectivity index (χ1n) is 14.9. The Kier molecular flexibility index (Phi) is 6.05. The molecule has 0 saturated heterocycles. The molecule has 0 radical (unpaired) electrons. The first-order valence-corrected chi connectivity index (χ1v) is 14.9. The molecule has 5 aliphatic carbocycles. The molecular formula is C33H39N3O2. The lowest BCUT2D eigenvalue weighted by Gasteiger charge is -2.55. The molecule has 8 rings (SSSR count). The van der Waals surface area contributed by atoms with Crippen LogP contribution in [0.15, 0.2) is 48.7 Å². The van der Waals surface area contributed by atoms with Crippen LogP contribution in [0.5, 0.6) is 0 Å². The van der Waals surface area contributed by atoms with Gasteiger partial charge >= 0.3 is 0 Å². The number of amides is 2. The fraction of sp³-hybridized carbons (Fsp3) is 0.515. The zero-order chi connectivity index (χ0) is 25.7. The Morgan fingerprint density at radius 1 is 0.816 bits per heavy atom. The highest BCUT2D eigenvalue weighted by molar-refractivity contribution is 6.03. The van der Waals surface area contributed by atoms with E-state index in [4.69, 9.17) is 0 Å². The fourth-order valence-electron chi connectivity index (χ4n) is 8.58. The molecule has 4 bridgehead atoms. The number of carbonyl (C=O) groups excluding carboxylic acids is 2. The minimum atomic E-state index is -0.141. The fourth-order valence-corrected chi connectivity index (χ4v) is 8.58. The highest BCUT2D eigenvalue weighted by Crippen LogP contribution is 2.60. The average Bonchev–Trinajstić information content (AvgIpc) is 3.16. The van der Waals surface area contributed by atoms with Crippen LogP contribution in [0.4, 0.5) is 5.69 Å². The van der Waals surface area contributed by atoms with E-state index >= 15 is 0 Å². The number of hydrogen-bond acceptors (Lipinski definition) is 2. The molecule has 5 fully saturated rings. The van der Waals surface area contributed by atoms with Gasteiger partial charge in [0.25, 0.3) is 5.91 Å². The Labute approximate surface area is 225 Å². The Hall–Kier alpha value is -3.08. The molecule has 38 heavy (non-hydrogen) atoms. The molecule has 5 aliphatic rings. The number of aromatic amines is 1. The summed E-state index contributed by atoms with van der Waals surface area (Å²) in [4.78, 5) is 29.9. The van der Waals surface area contributed by atoms with Crippen LogP contribution < -0.4 is 10.6 Å². The predicted molar refractivity (Wildman–Crippen MR) is 152 cm³/mol. The SMILES string of the molecule is O=C(NC1CCCCCC1)c1ccc2[nH]cc(-c3ccc(NC(=O)C45CC6CC(CC(C6)C4)C5)cc3)c2c1. The number of fused-ring (bicyclic) bond motifs is 1.